The van der Waals surface area contributed by atoms with Gasteiger partial charge in [-0.25, -0.2) is 0 Å². The van der Waals surface area contributed by atoms with Crippen LogP contribution in [-0.2, 0) is 9.53 Å². The number of rotatable bonds is 3. The van der Waals surface area contributed by atoms with Gasteiger partial charge in [0, 0.05) is 6.42 Å². The predicted molar refractivity (Wildman–Crippen MR) is 50.1 cm³/mol. The van der Waals surface area contributed by atoms with Crippen LogP contribution in [0.3, 0.4) is 0 Å². The summed E-state index contributed by atoms with van der Waals surface area (Å²) < 4.78 is 4.63. The number of ether oxygens (including phenoxy) is 1. The molecule has 0 N–H and O–H groups in total. The second-order valence-electron chi connectivity index (χ2n) is 4.16. The molecule has 2 aliphatic carbocycles. The highest BCUT2D eigenvalue weighted by Crippen LogP contribution is 2.45. The van der Waals surface area contributed by atoms with Gasteiger partial charge in [0.05, 0.1) is 7.11 Å². The van der Waals surface area contributed by atoms with Crippen LogP contribution in [0.5, 0.6) is 0 Å². The molecule has 0 radical (unpaired) electrons. The lowest BCUT2D eigenvalue weighted by molar-refractivity contribution is -0.141. The van der Waals surface area contributed by atoms with Gasteiger partial charge >= 0.3 is 5.97 Å². The molecule has 2 heteroatoms. The van der Waals surface area contributed by atoms with E-state index in [0.29, 0.717) is 6.42 Å². The molecule has 2 nitrogen and oxygen atoms in total. The van der Waals surface area contributed by atoms with E-state index in [2.05, 4.69) is 16.9 Å². The van der Waals surface area contributed by atoms with Gasteiger partial charge in [-0.1, -0.05) is 12.2 Å². The molecule has 0 saturated heterocycles. The molecule has 2 aliphatic rings. The first-order chi connectivity index (χ1) is 6.29. The van der Waals surface area contributed by atoms with Gasteiger partial charge in [-0.3, -0.25) is 4.79 Å². The predicted octanol–water partition coefficient (Wildman–Crippen LogP) is 2.15. The van der Waals surface area contributed by atoms with Crippen LogP contribution in [0.2, 0.25) is 0 Å². The van der Waals surface area contributed by atoms with E-state index in [1.165, 1.54) is 20.0 Å². The summed E-state index contributed by atoms with van der Waals surface area (Å²) in [5.74, 6) is 2.25. The van der Waals surface area contributed by atoms with Crippen molar-refractivity contribution in [2.24, 2.45) is 17.8 Å². The Hall–Kier alpha value is -0.790. The Bertz CT molecular complexity index is 232. The molecule has 0 spiro atoms. The molecule has 0 aromatic carbocycles. The van der Waals surface area contributed by atoms with E-state index >= 15 is 0 Å². The molecule has 0 heterocycles. The Morgan fingerprint density at radius 2 is 2.31 bits per heavy atom. The summed E-state index contributed by atoms with van der Waals surface area (Å²) in [5.41, 5.74) is 0. The summed E-state index contributed by atoms with van der Waals surface area (Å²) in [6.45, 7) is 0. The monoisotopic (exact) mass is 180 g/mol. The lowest BCUT2D eigenvalue weighted by atomic mass is 9.89. The van der Waals surface area contributed by atoms with Crippen molar-refractivity contribution in [1.82, 2.24) is 0 Å². The van der Waals surface area contributed by atoms with Crippen LogP contribution >= 0.6 is 0 Å². The summed E-state index contributed by atoms with van der Waals surface area (Å²) in [6.07, 6.45) is 8.88. The molecule has 0 aromatic heterocycles. The zero-order valence-electron chi connectivity index (χ0n) is 8.03. The molecule has 0 amide bonds. The van der Waals surface area contributed by atoms with E-state index in [-0.39, 0.29) is 5.97 Å². The van der Waals surface area contributed by atoms with E-state index in [9.17, 15) is 4.79 Å². The van der Waals surface area contributed by atoms with Crippen molar-refractivity contribution in [2.45, 2.75) is 25.7 Å². The highest BCUT2D eigenvalue weighted by atomic mass is 16.5. The number of methoxy groups -OCH3 is 1. The molecule has 0 aliphatic heterocycles. The molecule has 2 rings (SSSR count). The van der Waals surface area contributed by atoms with E-state index in [0.717, 1.165) is 24.2 Å². The Morgan fingerprint density at radius 3 is 2.85 bits per heavy atom. The van der Waals surface area contributed by atoms with Crippen molar-refractivity contribution in [2.75, 3.05) is 7.11 Å². The summed E-state index contributed by atoms with van der Waals surface area (Å²) in [6, 6.07) is 0. The van der Waals surface area contributed by atoms with Gasteiger partial charge in [-0.05, 0) is 37.0 Å². The van der Waals surface area contributed by atoms with Crippen molar-refractivity contribution in [3.05, 3.63) is 12.2 Å². The highest BCUT2D eigenvalue weighted by Gasteiger charge is 2.35. The summed E-state index contributed by atoms with van der Waals surface area (Å²) >= 11 is 0. The molecule has 1 fully saturated rings. The molecule has 2 bridgehead atoms. The number of carbonyl (C=O) groups excluding carboxylic acids is 1. The van der Waals surface area contributed by atoms with Gasteiger partial charge in [-0.2, -0.15) is 0 Å². The van der Waals surface area contributed by atoms with Crippen molar-refractivity contribution < 1.29 is 9.53 Å². The maximum Gasteiger partial charge on any atom is 0.305 e. The third kappa shape index (κ3) is 1.77. The lowest BCUT2D eigenvalue weighted by Gasteiger charge is -2.16. The minimum absolute atomic E-state index is 0.0632. The second-order valence-corrected chi connectivity index (χ2v) is 4.16. The molecule has 13 heavy (non-hydrogen) atoms. The van der Waals surface area contributed by atoms with Gasteiger partial charge in [0.15, 0.2) is 0 Å². The van der Waals surface area contributed by atoms with Gasteiger partial charge in [0.2, 0.25) is 0 Å². The van der Waals surface area contributed by atoms with Crippen LogP contribution in [0.25, 0.3) is 0 Å². The van der Waals surface area contributed by atoms with Crippen LogP contribution < -0.4 is 0 Å². The van der Waals surface area contributed by atoms with Crippen LogP contribution in [0, 0.1) is 17.8 Å². The lowest BCUT2D eigenvalue weighted by Crippen LogP contribution is -2.10. The number of esters is 1. The number of hydrogen-bond acceptors (Lipinski definition) is 2. The summed E-state index contributed by atoms with van der Waals surface area (Å²) in [7, 11) is 1.46. The van der Waals surface area contributed by atoms with Gasteiger partial charge in [0.25, 0.3) is 0 Å². The third-order valence-electron chi connectivity index (χ3n) is 3.36. The quantitative estimate of drug-likeness (QED) is 0.491. The number of hydrogen-bond donors (Lipinski definition) is 0. The number of fused-ring (bicyclic) bond motifs is 2. The topological polar surface area (TPSA) is 26.3 Å². The van der Waals surface area contributed by atoms with E-state index in [1.54, 1.807) is 0 Å². The summed E-state index contributed by atoms with van der Waals surface area (Å²) in [5, 5.41) is 0. The Kier molecular flexibility index (Phi) is 2.38. The first-order valence-electron chi connectivity index (χ1n) is 5.04. The van der Waals surface area contributed by atoms with E-state index in [1.807, 2.05) is 0 Å². The number of allylic oxidation sites excluding steroid dienone is 2. The maximum absolute atomic E-state index is 10.9. The molecular weight excluding hydrogens is 164 g/mol. The van der Waals surface area contributed by atoms with E-state index in [4.69, 9.17) is 0 Å². The van der Waals surface area contributed by atoms with Crippen LogP contribution in [-0.4, -0.2) is 13.1 Å². The molecular formula is C11H16O2. The standard InChI is InChI=1S/C11H16O2/c1-13-11(12)5-4-10-7-8-2-3-9(10)6-8/h2-3,8-10H,4-7H2,1H3. The first-order valence-corrected chi connectivity index (χ1v) is 5.04. The molecule has 3 unspecified atom stereocenters. The Labute approximate surface area is 79.0 Å². The van der Waals surface area contributed by atoms with Crippen LogP contribution in [0.1, 0.15) is 25.7 Å². The molecule has 0 aromatic rings. The van der Waals surface area contributed by atoms with Crippen molar-refractivity contribution in [3.8, 4) is 0 Å². The minimum Gasteiger partial charge on any atom is -0.469 e. The highest BCUT2D eigenvalue weighted by molar-refractivity contribution is 5.69. The fourth-order valence-electron chi connectivity index (χ4n) is 2.63. The molecule has 3 atom stereocenters. The average Bonchev–Trinajstić information content (AvgIpc) is 2.74. The SMILES string of the molecule is COC(=O)CCC1CC2C=CC1C2. The molecule has 1 saturated carbocycles. The van der Waals surface area contributed by atoms with Crippen molar-refractivity contribution in [3.63, 3.8) is 0 Å². The van der Waals surface area contributed by atoms with Gasteiger partial charge in [-0.15, -0.1) is 0 Å². The Morgan fingerprint density at radius 1 is 1.46 bits per heavy atom. The van der Waals surface area contributed by atoms with Gasteiger partial charge < -0.3 is 4.74 Å². The van der Waals surface area contributed by atoms with Gasteiger partial charge in [0.1, 0.15) is 0 Å². The van der Waals surface area contributed by atoms with Crippen molar-refractivity contribution >= 4 is 5.97 Å². The largest absolute Gasteiger partial charge is 0.469 e. The third-order valence-corrected chi connectivity index (χ3v) is 3.36. The average molecular weight is 180 g/mol. The number of carbonyl (C=O) groups is 1. The smallest absolute Gasteiger partial charge is 0.305 e. The first kappa shape index (κ1) is 8.79. The summed E-state index contributed by atoms with van der Waals surface area (Å²) in [4.78, 5) is 10.9. The van der Waals surface area contributed by atoms with Crippen molar-refractivity contribution in [1.29, 1.82) is 0 Å². The van der Waals surface area contributed by atoms with E-state index < -0.39 is 0 Å². The zero-order valence-corrected chi connectivity index (χ0v) is 8.03. The molecule has 72 valence electrons. The minimum atomic E-state index is -0.0632. The second kappa shape index (κ2) is 3.52. The maximum atomic E-state index is 10.9. The van der Waals surface area contributed by atoms with Crippen LogP contribution in [0.15, 0.2) is 12.2 Å². The van der Waals surface area contributed by atoms with Crippen LogP contribution in [0.4, 0.5) is 0 Å². The fraction of sp³-hybridized carbons (Fsp3) is 0.727. The Balaban J connectivity index is 1.78. The normalized spacial score (nSPS) is 35.3. The fourth-order valence-corrected chi connectivity index (χ4v) is 2.63. The zero-order chi connectivity index (χ0) is 9.26.